The first-order chi connectivity index (χ1) is 16.2. The molecule has 0 saturated carbocycles. The van der Waals surface area contributed by atoms with Gasteiger partial charge in [-0.25, -0.2) is 0 Å². The molecule has 2 amide bonds. The third kappa shape index (κ3) is 5.41. The fraction of sp³-hybridized carbons (Fsp3) is 0.0417. The number of carbonyl (C=O) groups is 2. The number of carbonyl (C=O) groups excluding carboxylic acids is 2. The molecule has 1 fully saturated rings. The fourth-order valence-electron chi connectivity index (χ4n) is 3.15. The molecule has 1 N–H and O–H groups in total. The lowest BCUT2D eigenvalue weighted by atomic mass is 10.1. The molecule has 0 unspecified atom stereocenters. The van der Waals surface area contributed by atoms with Crippen LogP contribution in [0.4, 0.5) is 18.9 Å². The number of nitrogens with one attached hydrogen (secondary N) is 1. The number of thiocarbonyl (C=S) groups is 1. The molecule has 4 rings (SSSR count). The molecule has 3 aromatic carbocycles. The lowest BCUT2D eigenvalue weighted by Gasteiger charge is -2.29. The van der Waals surface area contributed by atoms with E-state index in [1.54, 1.807) is 36.4 Å². The number of rotatable bonds is 5. The van der Waals surface area contributed by atoms with Crippen molar-refractivity contribution in [2.45, 2.75) is 6.36 Å². The molecule has 1 aliphatic heterocycles. The second-order valence-corrected chi connectivity index (χ2v) is 7.37. The molecular formula is C24H15F3N2O4S. The highest BCUT2D eigenvalue weighted by Crippen LogP contribution is 2.28. The van der Waals surface area contributed by atoms with Crippen molar-refractivity contribution in [3.8, 4) is 17.2 Å². The van der Waals surface area contributed by atoms with Crippen molar-refractivity contribution in [1.82, 2.24) is 5.32 Å². The number of para-hydroxylation sites is 1. The topological polar surface area (TPSA) is 67.9 Å². The first-order valence-corrected chi connectivity index (χ1v) is 10.2. The van der Waals surface area contributed by atoms with Gasteiger partial charge in [0.15, 0.2) is 5.11 Å². The molecule has 3 aromatic rings. The Bertz CT molecular complexity index is 1280. The first kappa shape index (κ1) is 23.0. The molecule has 1 heterocycles. The lowest BCUT2D eigenvalue weighted by Crippen LogP contribution is -2.54. The van der Waals surface area contributed by atoms with Gasteiger partial charge in [-0.05, 0) is 72.4 Å². The van der Waals surface area contributed by atoms with Gasteiger partial charge in [0, 0.05) is 0 Å². The number of hydrogen-bond donors (Lipinski definition) is 1. The Morgan fingerprint density at radius 1 is 0.853 bits per heavy atom. The molecular weight excluding hydrogens is 469 g/mol. The van der Waals surface area contributed by atoms with Crippen LogP contribution < -0.4 is 19.7 Å². The van der Waals surface area contributed by atoms with Crippen molar-refractivity contribution in [2.75, 3.05) is 4.90 Å². The third-order valence-electron chi connectivity index (χ3n) is 4.58. The van der Waals surface area contributed by atoms with E-state index >= 15 is 0 Å². The number of halogens is 3. The van der Waals surface area contributed by atoms with Gasteiger partial charge in [0.25, 0.3) is 11.8 Å². The molecule has 34 heavy (non-hydrogen) atoms. The predicted octanol–water partition coefficient (Wildman–Crippen LogP) is 5.21. The van der Waals surface area contributed by atoms with Gasteiger partial charge in [-0.15, -0.1) is 13.2 Å². The first-order valence-electron chi connectivity index (χ1n) is 9.80. The minimum Gasteiger partial charge on any atom is -0.457 e. The van der Waals surface area contributed by atoms with Crippen LogP contribution in [0.15, 0.2) is 84.4 Å². The minimum atomic E-state index is -4.87. The molecule has 0 aromatic heterocycles. The van der Waals surface area contributed by atoms with Gasteiger partial charge in [0.2, 0.25) is 0 Å². The van der Waals surface area contributed by atoms with Crippen LogP contribution >= 0.6 is 12.2 Å². The van der Waals surface area contributed by atoms with Gasteiger partial charge in [-0.1, -0.05) is 30.3 Å². The molecule has 0 atom stereocenters. The normalized spacial score (nSPS) is 15.3. The minimum absolute atomic E-state index is 0.127. The summed E-state index contributed by atoms with van der Waals surface area (Å²) in [5.74, 6) is -0.822. The molecule has 1 aliphatic rings. The lowest BCUT2D eigenvalue weighted by molar-refractivity contribution is -0.274. The van der Waals surface area contributed by atoms with Crippen molar-refractivity contribution in [1.29, 1.82) is 0 Å². The number of ether oxygens (including phenoxy) is 2. The van der Waals surface area contributed by atoms with Crippen LogP contribution in [-0.4, -0.2) is 23.3 Å². The van der Waals surface area contributed by atoms with E-state index < -0.39 is 23.9 Å². The van der Waals surface area contributed by atoms with Gasteiger partial charge in [0.1, 0.15) is 22.8 Å². The maximum Gasteiger partial charge on any atom is 0.573 e. The smallest absolute Gasteiger partial charge is 0.457 e. The van der Waals surface area contributed by atoms with Crippen LogP contribution in [0, 0.1) is 0 Å². The predicted molar refractivity (Wildman–Crippen MR) is 122 cm³/mol. The van der Waals surface area contributed by atoms with E-state index in [-0.39, 0.29) is 16.2 Å². The fourth-order valence-corrected chi connectivity index (χ4v) is 3.43. The largest absolute Gasteiger partial charge is 0.573 e. The average molecular weight is 484 g/mol. The molecule has 0 spiro atoms. The molecule has 0 radical (unpaired) electrons. The number of alkyl halides is 3. The van der Waals surface area contributed by atoms with Crippen molar-refractivity contribution < 1.29 is 32.2 Å². The van der Waals surface area contributed by atoms with E-state index in [2.05, 4.69) is 10.1 Å². The Balaban J connectivity index is 1.58. The standard InChI is InChI=1S/C24H15F3N2O4S/c25-24(26,27)33-19-8-4-5-15(13-19)14-20-21(30)28-23(34)29(22(20)31)16-9-11-18(12-10-16)32-17-6-2-1-3-7-17/h1-14H,(H,28,30,34)/b20-14+. The summed E-state index contributed by atoms with van der Waals surface area (Å²) < 4.78 is 47.1. The monoisotopic (exact) mass is 484 g/mol. The van der Waals surface area contributed by atoms with Crippen molar-refractivity contribution in [3.63, 3.8) is 0 Å². The van der Waals surface area contributed by atoms with Crippen LogP contribution in [0.3, 0.4) is 0 Å². The number of benzene rings is 3. The van der Waals surface area contributed by atoms with Gasteiger partial charge in [-0.3, -0.25) is 19.8 Å². The van der Waals surface area contributed by atoms with E-state index in [9.17, 15) is 22.8 Å². The number of anilines is 1. The zero-order valence-electron chi connectivity index (χ0n) is 17.2. The zero-order valence-corrected chi connectivity index (χ0v) is 18.0. The second-order valence-electron chi connectivity index (χ2n) is 6.99. The van der Waals surface area contributed by atoms with Gasteiger partial charge >= 0.3 is 6.36 Å². The van der Waals surface area contributed by atoms with Crippen LogP contribution in [0.2, 0.25) is 0 Å². The Morgan fingerprint density at radius 3 is 2.18 bits per heavy atom. The summed E-state index contributed by atoms with van der Waals surface area (Å²) in [6.07, 6.45) is -3.70. The Labute approximate surface area is 197 Å². The summed E-state index contributed by atoms with van der Waals surface area (Å²) in [5.41, 5.74) is 0.234. The molecule has 10 heteroatoms. The number of amides is 2. The second kappa shape index (κ2) is 9.36. The molecule has 1 saturated heterocycles. The third-order valence-corrected chi connectivity index (χ3v) is 4.86. The van der Waals surface area contributed by atoms with Gasteiger partial charge in [-0.2, -0.15) is 0 Å². The highest BCUT2D eigenvalue weighted by Gasteiger charge is 2.35. The van der Waals surface area contributed by atoms with Crippen molar-refractivity contribution in [2.24, 2.45) is 0 Å². The summed E-state index contributed by atoms with van der Waals surface area (Å²) in [6.45, 7) is 0. The van der Waals surface area contributed by atoms with E-state index in [0.29, 0.717) is 17.2 Å². The maximum atomic E-state index is 13.1. The van der Waals surface area contributed by atoms with Crippen LogP contribution in [0.5, 0.6) is 17.2 Å². The summed E-state index contributed by atoms with van der Waals surface area (Å²) in [6, 6.07) is 20.5. The molecule has 0 aliphatic carbocycles. The summed E-state index contributed by atoms with van der Waals surface area (Å²) in [4.78, 5) is 26.6. The van der Waals surface area contributed by atoms with Crippen LogP contribution in [0.25, 0.3) is 6.08 Å². The zero-order chi connectivity index (χ0) is 24.3. The number of nitrogens with zero attached hydrogens (tertiary/aromatic N) is 1. The van der Waals surface area contributed by atoms with E-state index in [1.807, 2.05) is 18.2 Å². The highest BCUT2D eigenvalue weighted by atomic mass is 32.1. The quantitative estimate of drug-likeness (QED) is 0.306. The van der Waals surface area contributed by atoms with Gasteiger partial charge < -0.3 is 9.47 Å². The summed E-state index contributed by atoms with van der Waals surface area (Å²) >= 11 is 5.17. The summed E-state index contributed by atoms with van der Waals surface area (Å²) in [7, 11) is 0. The maximum absolute atomic E-state index is 13.1. The Kier molecular flexibility index (Phi) is 6.33. The van der Waals surface area contributed by atoms with Gasteiger partial charge in [0.05, 0.1) is 5.69 Å². The van der Waals surface area contributed by atoms with Crippen molar-refractivity contribution in [3.05, 3.63) is 90.0 Å². The Morgan fingerprint density at radius 2 is 1.50 bits per heavy atom. The average Bonchev–Trinajstić information content (AvgIpc) is 2.77. The SMILES string of the molecule is O=C1NC(=S)N(c2ccc(Oc3ccccc3)cc2)C(=O)/C1=C/c1cccc(OC(F)(F)F)c1. The van der Waals surface area contributed by atoms with E-state index in [4.69, 9.17) is 17.0 Å². The van der Waals surface area contributed by atoms with Crippen molar-refractivity contribution >= 4 is 40.9 Å². The highest BCUT2D eigenvalue weighted by molar-refractivity contribution is 7.80. The van der Waals surface area contributed by atoms with Crippen LogP contribution in [0.1, 0.15) is 5.56 Å². The van der Waals surface area contributed by atoms with Crippen LogP contribution in [-0.2, 0) is 9.59 Å². The molecule has 172 valence electrons. The Hall–Kier alpha value is -4.18. The molecule has 6 nitrogen and oxygen atoms in total. The summed E-state index contributed by atoms with van der Waals surface area (Å²) in [5, 5.41) is 2.30. The van der Waals surface area contributed by atoms with E-state index in [0.717, 1.165) is 17.0 Å². The molecule has 0 bridgehead atoms. The number of hydrogen-bond acceptors (Lipinski definition) is 5. The van der Waals surface area contributed by atoms with E-state index in [1.165, 1.54) is 18.2 Å².